The second-order valence-corrected chi connectivity index (χ2v) is 2.91. The number of rotatable bonds is 5. The highest BCUT2D eigenvalue weighted by Crippen LogP contribution is 2.02. The van der Waals surface area contributed by atoms with E-state index in [1.807, 2.05) is 0 Å². The second kappa shape index (κ2) is 5.87. The molecule has 0 heterocycles. The molecule has 0 aliphatic heterocycles. The van der Waals surface area contributed by atoms with Crippen LogP contribution in [-0.4, -0.2) is 34.0 Å². The van der Waals surface area contributed by atoms with Gasteiger partial charge in [-0.3, -0.25) is 15.2 Å². The maximum absolute atomic E-state index is 11.0. The van der Waals surface area contributed by atoms with Crippen LogP contribution in [0.3, 0.4) is 0 Å². The van der Waals surface area contributed by atoms with Crippen molar-refractivity contribution in [3.63, 3.8) is 0 Å². The zero-order valence-electron chi connectivity index (χ0n) is 7.93. The first kappa shape index (κ1) is 12.3. The summed E-state index contributed by atoms with van der Waals surface area (Å²) in [5.41, 5.74) is 0. The molecule has 0 aliphatic carbocycles. The molecule has 0 aromatic carbocycles. The molecule has 0 rings (SSSR count). The summed E-state index contributed by atoms with van der Waals surface area (Å²) in [6.45, 7) is 4.97. The molecule has 0 radical (unpaired) electrons. The van der Waals surface area contributed by atoms with Crippen LogP contribution < -0.4 is 0 Å². The van der Waals surface area contributed by atoms with E-state index < -0.39 is 17.5 Å². The van der Waals surface area contributed by atoms with Gasteiger partial charge in [0.05, 0.1) is 24.0 Å². The topological polar surface area (TPSA) is 79.2 Å². The van der Waals surface area contributed by atoms with E-state index in [1.54, 1.807) is 13.8 Å². The molecule has 13 heavy (non-hydrogen) atoms. The van der Waals surface area contributed by atoms with Crippen molar-refractivity contribution in [2.45, 2.75) is 39.4 Å². The van der Waals surface area contributed by atoms with E-state index in [0.717, 1.165) is 0 Å². The van der Waals surface area contributed by atoms with E-state index in [9.17, 15) is 4.79 Å². The number of carbonyl (C=O) groups is 1. The first-order valence-corrected chi connectivity index (χ1v) is 3.96. The summed E-state index contributed by atoms with van der Waals surface area (Å²) in [6.07, 6.45) is -0.851. The summed E-state index contributed by atoms with van der Waals surface area (Å²) in [7, 11) is 0. The van der Waals surface area contributed by atoms with Crippen molar-refractivity contribution in [1.29, 1.82) is 0 Å². The van der Waals surface area contributed by atoms with E-state index in [0.29, 0.717) is 0 Å². The van der Waals surface area contributed by atoms with Crippen LogP contribution in [0.15, 0.2) is 0 Å². The molecule has 0 saturated heterocycles. The van der Waals surface area contributed by atoms with Gasteiger partial charge in [-0.25, -0.2) is 4.84 Å². The van der Waals surface area contributed by atoms with Gasteiger partial charge in [0.1, 0.15) is 0 Å². The molecule has 0 aromatic rings. The van der Waals surface area contributed by atoms with Crippen LogP contribution in [0.4, 0.5) is 0 Å². The third-order valence-electron chi connectivity index (χ3n) is 1.10. The molecular weight excluding hydrogens is 178 g/mol. The average molecular weight is 193 g/mol. The van der Waals surface area contributed by atoms with Gasteiger partial charge in [-0.1, -0.05) is 0 Å². The molecule has 0 bridgehead atoms. The van der Waals surface area contributed by atoms with Gasteiger partial charge in [0.2, 0.25) is 0 Å². The average Bonchev–Trinajstić information content (AvgIpc) is 1.80. The van der Waals surface area contributed by atoms with Crippen LogP contribution in [0.25, 0.3) is 0 Å². The predicted octanol–water partition coefficient (Wildman–Crippen LogP) is 0.729. The maximum atomic E-state index is 11.0. The highest BCUT2D eigenvalue weighted by Gasteiger charge is 2.14. The third-order valence-corrected chi connectivity index (χ3v) is 1.10. The monoisotopic (exact) mass is 193 g/mol. The van der Waals surface area contributed by atoms with E-state index in [-0.39, 0.29) is 12.5 Å². The van der Waals surface area contributed by atoms with E-state index in [2.05, 4.69) is 4.84 Å². The Morgan fingerprint density at radius 2 is 1.92 bits per heavy atom. The zero-order chi connectivity index (χ0) is 10.4. The molecule has 0 amide bonds. The molecule has 0 aromatic heterocycles. The van der Waals surface area contributed by atoms with E-state index >= 15 is 0 Å². The van der Waals surface area contributed by atoms with Gasteiger partial charge < -0.3 is 4.74 Å². The molecule has 0 fully saturated rings. The Hall–Kier alpha value is -0.690. The van der Waals surface area contributed by atoms with Crippen molar-refractivity contribution in [2.75, 3.05) is 0 Å². The van der Waals surface area contributed by atoms with Gasteiger partial charge in [-0.05, 0) is 20.8 Å². The number of carbonyl (C=O) groups excluding carboxylic acids is 1. The molecule has 2 N–H and O–H groups in total. The first-order chi connectivity index (χ1) is 5.91. The zero-order valence-corrected chi connectivity index (χ0v) is 7.93. The second-order valence-electron chi connectivity index (χ2n) is 2.91. The van der Waals surface area contributed by atoms with Gasteiger partial charge in [0, 0.05) is 0 Å². The van der Waals surface area contributed by atoms with Crippen molar-refractivity contribution in [1.82, 2.24) is 5.39 Å². The third kappa shape index (κ3) is 7.66. The Labute approximate surface area is 76.5 Å². The number of nitrogens with zero attached hydrogens (tertiary/aromatic N) is 1. The Balaban J connectivity index is 3.65. The lowest BCUT2D eigenvalue weighted by Crippen LogP contribution is -2.25. The van der Waals surface area contributed by atoms with Crippen LogP contribution in [0.2, 0.25) is 0 Å². The smallest absolute Gasteiger partial charge is 0.308 e. The van der Waals surface area contributed by atoms with Gasteiger partial charge >= 0.3 is 5.97 Å². The number of hydrogen-bond donors (Lipinski definition) is 2. The Morgan fingerprint density at radius 3 is 2.31 bits per heavy atom. The summed E-state index contributed by atoms with van der Waals surface area (Å²) in [5.74, 6) is -0.440. The molecule has 0 unspecified atom stereocenters. The molecule has 6 nitrogen and oxygen atoms in total. The van der Waals surface area contributed by atoms with Gasteiger partial charge in [0.15, 0.2) is 0 Å². The van der Waals surface area contributed by atoms with Crippen LogP contribution >= 0.6 is 0 Å². The fourth-order valence-corrected chi connectivity index (χ4v) is 0.744. The summed E-state index contributed by atoms with van der Waals surface area (Å²) < 4.78 is 4.80. The summed E-state index contributed by atoms with van der Waals surface area (Å²) >= 11 is 0. The maximum Gasteiger partial charge on any atom is 0.308 e. The summed E-state index contributed by atoms with van der Waals surface area (Å²) in [6, 6.07) is 0. The molecule has 1 atom stereocenters. The quantitative estimate of drug-likeness (QED) is 0.495. The molecular formula is C7H15NO5. The predicted molar refractivity (Wildman–Crippen MR) is 41.8 cm³/mol. The Kier molecular flexibility index (Phi) is 5.56. The van der Waals surface area contributed by atoms with Gasteiger partial charge in [-0.15, -0.1) is 0 Å². The molecule has 0 spiro atoms. The Bertz CT molecular complexity index is 159. The largest absolute Gasteiger partial charge is 0.463 e. The fraction of sp³-hybridized carbons (Fsp3) is 0.857. The lowest BCUT2D eigenvalue weighted by Gasteiger charge is -2.14. The SMILES string of the molecule is CC(C)OC(=O)C[C@H](C)ON(O)O. The minimum atomic E-state index is -0.638. The molecule has 6 heteroatoms. The number of ether oxygens (including phenoxy) is 1. The lowest BCUT2D eigenvalue weighted by molar-refractivity contribution is -0.503. The Morgan fingerprint density at radius 1 is 1.38 bits per heavy atom. The fourth-order valence-electron chi connectivity index (χ4n) is 0.744. The summed E-state index contributed by atoms with van der Waals surface area (Å²) in [5, 5.41) is 16.0. The molecule has 78 valence electrons. The minimum Gasteiger partial charge on any atom is -0.463 e. The van der Waals surface area contributed by atoms with E-state index in [1.165, 1.54) is 6.92 Å². The minimum absolute atomic E-state index is 0.0319. The van der Waals surface area contributed by atoms with E-state index in [4.69, 9.17) is 15.2 Å². The highest BCUT2D eigenvalue weighted by molar-refractivity contribution is 5.70. The van der Waals surface area contributed by atoms with Crippen LogP contribution in [-0.2, 0) is 14.4 Å². The number of hydrogen-bond acceptors (Lipinski definition) is 6. The van der Waals surface area contributed by atoms with Crippen molar-refractivity contribution in [2.24, 2.45) is 0 Å². The number of esters is 1. The normalized spacial score (nSPS) is 13.5. The van der Waals surface area contributed by atoms with Crippen molar-refractivity contribution < 1.29 is 24.8 Å². The van der Waals surface area contributed by atoms with Crippen molar-refractivity contribution in [3.05, 3.63) is 0 Å². The van der Waals surface area contributed by atoms with Gasteiger partial charge in [0.25, 0.3) is 0 Å². The standard InChI is InChI=1S/C7H15NO5/c1-5(2)12-7(9)4-6(3)13-8(10)11/h5-6,10-11H,4H2,1-3H3/t6-/m0/s1. The van der Waals surface area contributed by atoms with Gasteiger partial charge in [-0.2, -0.15) is 0 Å². The highest BCUT2D eigenvalue weighted by atomic mass is 17.1. The molecule has 0 saturated carbocycles. The molecule has 0 aliphatic rings. The first-order valence-electron chi connectivity index (χ1n) is 3.96. The lowest BCUT2D eigenvalue weighted by atomic mass is 10.3. The van der Waals surface area contributed by atoms with Crippen molar-refractivity contribution in [3.8, 4) is 0 Å². The van der Waals surface area contributed by atoms with Crippen molar-refractivity contribution >= 4 is 5.97 Å². The summed E-state index contributed by atoms with van der Waals surface area (Å²) in [4.78, 5) is 15.3. The van der Waals surface area contributed by atoms with Crippen LogP contribution in [0, 0.1) is 0 Å². The van der Waals surface area contributed by atoms with Crippen LogP contribution in [0.1, 0.15) is 27.2 Å². The van der Waals surface area contributed by atoms with Crippen LogP contribution in [0.5, 0.6) is 0 Å².